The molecule has 1 aromatic rings. The first-order valence-corrected chi connectivity index (χ1v) is 8.18. The molecule has 2 atom stereocenters. The van der Waals surface area contributed by atoms with Crippen LogP contribution in [0.25, 0.3) is 0 Å². The number of amides is 2. The van der Waals surface area contributed by atoms with E-state index in [-0.39, 0.29) is 12.1 Å². The predicted octanol–water partition coefficient (Wildman–Crippen LogP) is 2.95. The van der Waals surface area contributed by atoms with Crippen molar-refractivity contribution >= 4 is 23.3 Å². The summed E-state index contributed by atoms with van der Waals surface area (Å²) in [7, 11) is 0. The lowest BCUT2D eigenvalue weighted by atomic mass is 9.87. The first kappa shape index (κ1) is 15.4. The summed E-state index contributed by atoms with van der Waals surface area (Å²) in [5.41, 5.74) is 1.64. The summed E-state index contributed by atoms with van der Waals surface area (Å²) in [6.07, 6.45) is 4.28. The van der Waals surface area contributed by atoms with E-state index < -0.39 is 0 Å². The second-order valence-electron chi connectivity index (χ2n) is 6.06. The molecule has 3 rings (SSSR count). The molecule has 2 amide bonds. The molecule has 1 aromatic carbocycles. The highest BCUT2D eigenvalue weighted by Crippen LogP contribution is 2.36. The number of rotatable bonds is 3. The number of halogens is 1. The molecule has 22 heavy (non-hydrogen) atoms. The number of benzene rings is 1. The first-order chi connectivity index (χ1) is 10.6. The minimum absolute atomic E-state index is 0.229. The number of carbonyl (C=O) groups is 1. The smallest absolute Gasteiger partial charge is 0.319 e. The Hall–Kier alpha value is -1.46. The molecule has 6 heteroatoms. The number of nitrogens with one attached hydrogen (secondary N) is 2. The maximum Gasteiger partial charge on any atom is 0.319 e. The number of hydrogen-bond donors (Lipinski definition) is 3. The lowest BCUT2D eigenvalue weighted by Gasteiger charge is -2.25. The van der Waals surface area contributed by atoms with E-state index in [0.717, 1.165) is 37.7 Å². The first-order valence-electron chi connectivity index (χ1n) is 7.80. The van der Waals surface area contributed by atoms with E-state index in [1.54, 1.807) is 6.07 Å². The van der Waals surface area contributed by atoms with Crippen molar-refractivity contribution in [3.05, 3.63) is 22.7 Å². The fourth-order valence-electron chi connectivity index (χ4n) is 3.21. The van der Waals surface area contributed by atoms with Gasteiger partial charge in [0.2, 0.25) is 0 Å². The van der Waals surface area contributed by atoms with E-state index >= 15 is 0 Å². The largest absolute Gasteiger partial charge is 0.491 e. The monoisotopic (exact) mass is 324 g/mol. The zero-order chi connectivity index (χ0) is 15.5. The van der Waals surface area contributed by atoms with Gasteiger partial charge >= 0.3 is 6.03 Å². The number of urea groups is 1. The molecule has 5 nitrogen and oxygen atoms in total. The fraction of sp³-hybridized carbons (Fsp3) is 0.562. The Morgan fingerprint density at radius 3 is 3.09 bits per heavy atom. The molecule has 3 N–H and O–H groups in total. The van der Waals surface area contributed by atoms with Crippen LogP contribution in [0, 0.1) is 5.92 Å². The Morgan fingerprint density at radius 2 is 2.27 bits per heavy atom. The molecule has 2 aliphatic rings. The number of aliphatic hydroxyl groups is 1. The Bertz CT molecular complexity index is 565. The summed E-state index contributed by atoms with van der Waals surface area (Å²) >= 11 is 6.07. The van der Waals surface area contributed by atoms with Crippen LogP contribution >= 0.6 is 11.6 Å². The third-order valence-corrected chi connectivity index (χ3v) is 4.52. The summed E-state index contributed by atoms with van der Waals surface area (Å²) in [6.45, 7) is 1.19. The maximum absolute atomic E-state index is 12.1. The number of hydrogen-bond acceptors (Lipinski definition) is 3. The van der Waals surface area contributed by atoms with Crippen LogP contribution < -0.4 is 15.4 Å². The van der Waals surface area contributed by atoms with Gasteiger partial charge in [-0.25, -0.2) is 4.79 Å². The van der Waals surface area contributed by atoms with Crippen LogP contribution in [0.15, 0.2) is 12.1 Å². The molecule has 1 fully saturated rings. The second kappa shape index (κ2) is 6.75. The molecule has 0 unspecified atom stereocenters. The van der Waals surface area contributed by atoms with Gasteiger partial charge in [0.1, 0.15) is 5.75 Å². The predicted molar refractivity (Wildman–Crippen MR) is 85.6 cm³/mol. The third-order valence-electron chi connectivity index (χ3n) is 4.30. The van der Waals surface area contributed by atoms with Crippen LogP contribution in [-0.4, -0.2) is 30.4 Å². The maximum atomic E-state index is 12.1. The van der Waals surface area contributed by atoms with Gasteiger partial charge in [-0.1, -0.05) is 18.0 Å². The van der Waals surface area contributed by atoms with Crippen molar-refractivity contribution in [1.29, 1.82) is 0 Å². The van der Waals surface area contributed by atoms with Crippen LogP contribution in [0.5, 0.6) is 5.75 Å². The van der Waals surface area contributed by atoms with Crippen molar-refractivity contribution in [3.63, 3.8) is 0 Å². The van der Waals surface area contributed by atoms with E-state index in [0.29, 0.717) is 35.5 Å². The molecule has 1 saturated carbocycles. The van der Waals surface area contributed by atoms with Crippen molar-refractivity contribution in [2.75, 3.05) is 18.5 Å². The molecule has 1 heterocycles. The van der Waals surface area contributed by atoms with Crippen molar-refractivity contribution < 1.29 is 14.6 Å². The molecule has 0 aromatic heterocycles. The summed E-state index contributed by atoms with van der Waals surface area (Å²) in [5.74, 6) is 1.06. The molecule has 120 valence electrons. The molecular formula is C16H21ClN2O3. The van der Waals surface area contributed by atoms with Crippen LogP contribution in [0.3, 0.4) is 0 Å². The van der Waals surface area contributed by atoms with Gasteiger partial charge in [0.05, 0.1) is 18.4 Å². The van der Waals surface area contributed by atoms with E-state index in [2.05, 4.69) is 10.6 Å². The molecule has 0 saturated heterocycles. The normalized spacial score (nSPS) is 23.5. The van der Waals surface area contributed by atoms with E-state index in [1.807, 2.05) is 6.07 Å². The van der Waals surface area contributed by atoms with Gasteiger partial charge in [-0.15, -0.1) is 0 Å². The molecule has 0 spiro atoms. The van der Waals surface area contributed by atoms with Gasteiger partial charge in [-0.2, -0.15) is 0 Å². The van der Waals surface area contributed by atoms with Crippen LogP contribution in [0.2, 0.25) is 5.02 Å². The number of fused-ring (bicyclic) bond motifs is 1. The number of aliphatic hydroxyl groups excluding tert-OH is 1. The highest BCUT2D eigenvalue weighted by Gasteiger charge is 2.22. The Labute approximate surface area is 135 Å². The molecule has 0 radical (unpaired) electrons. The molecular weight excluding hydrogens is 304 g/mol. The zero-order valence-electron chi connectivity index (χ0n) is 12.4. The standard InChI is InChI=1S/C16H21ClN2O3/c17-12-7-11-4-5-22-15(11)14(8-12)19-16(21)18-9-10-2-1-3-13(20)6-10/h7-8,10,13,20H,1-6,9H2,(H2,18,19,21)/t10-,13-/m0/s1. The van der Waals surface area contributed by atoms with Crippen LogP contribution in [0.4, 0.5) is 10.5 Å². The Kier molecular flexibility index (Phi) is 4.74. The number of carbonyl (C=O) groups excluding carboxylic acids is 1. The van der Waals surface area contributed by atoms with E-state index in [1.165, 1.54) is 0 Å². The summed E-state index contributed by atoms with van der Waals surface area (Å²) in [6, 6.07) is 3.31. The zero-order valence-corrected chi connectivity index (χ0v) is 13.2. The topological polar surface area (TPSA) is 70.6 Å². The van der Waals surface area contributed by atoms with Crippen molar-refractivity contribution in [3.8, 4) is 5.75 Å². The van der Waals surface area contributed by atoms with Crippen molar-refractivity contribution in [1.82, 2.24) is 5.32 Å². The summed E-state index contributed by atoms with van der Waals surface area (Å²) in [4.78, 5) is 12.1. The van der Waals surface area contributed by atoms with Gasteiger partial charge in [0, 0.05) is 23.6 Å². The van der Waals surface area contributed by atoms with Crippen molar-refractivity contribution in [2.24, 2.45) is 5.92 Å². The Balaban J connectivity index is 1.56. The van der Waals surface area contributed by atoms with Crippen LogP contribution in [-0.2, 0) is 6.42 Å². The highest BCUT2D eigenvalue weighted by molar-refractivity contribution is 6.31. The van der Waals surface area contributed by atoms with Gasteiger partial charge in [-0.05, 0) is 37.3 Å². The fourth-order valence-corrected chi connectivity index (χ4v) is 3.45. The minimum atomic E-state index is -0.264. The van der Waals surface area contributed by atoms with E-state index in [9.17, 15) is 9.90 Å². The van der Waals surface area contributed by atoms with Crippen molar-refractivity contribution in [2.45, 2.75) is 38.2 Å². The summed E-state index contributed by atoms with van der Waals surface area (Å²) < 4.78 is 5.56. The average Bonchev–Trinajstić information content (AvgIpc) is 2.93. The molecule has 0 bridgehead atoms. The minimum Gasteiger partial charge on any atom is -0.491 e. The van der Waals surface area contributed by atoms with Crippen LogP contribution in [0.1, 0.15) is 31.2 Å². The lowest BCUT2D eigenvalue weighted by Crippen LogP contribution is -2.35. The van der Waals surface area contributed by atoms with Gasteiger partial charge in [0.25, 0.3) is 0 Å². The third kappa shape index (κ3) is 3.65. The van der Waals surface area contributed by atoms with E-state index in [4.69, 9.17) is 16.3 Å². The average molecular weight is 325 g/mol. The molecule has 1 aliphatic carbocycles. The molecule has 1 aliphatic heterocycles. The summed E-state index contributed by atoms with van der Waals surface area (Å²) in [5, 5.41) is 15.9. The SMILES string of the molecule is O=C(NC[C@H]1CCC[C@H](O)C1)Nc1cc(Cl)cc2c1OCC2. The number of ether oxygens (including phenoxy) is 1. The van der Waals surface area contributed by atoms with Gasteiger partial charge < -0.3 is 20.5 Å². The lowest BCUT2D eigenvalue weighted by molar-refractivity contribution is 0.101. The quantitative estimate of drug-likeness (QED) is 0.800. The Morgan fingerprint density at radius 1 is 1.41 bits per heavy atom. The van der Waals surface area contributed by atoms with Gasteiger partial charge in [-0.3, -0.25) is 0 Å². The highest BCUT2D eigenvalue weighted by atomic mass is 35.5. The van der Waals surface area contributed by atoms with Gasteiger partial charge in [0.15, 0.2) is 0 Å². The second-order valence-corrected chi connectivity index (χ2v) is 6.50. The number of anilines is 1.